The standard InChI is InChI=1S/C23H13BrCl2N2O6S/c24-19-11-13(4-9-20(19)34-35(32,33)17-7-5-14(25)6-8-17)10-18-21(29)27-23(31)28(22(18)30)16-3-1-2-15(26)12-16/h1-12H,(H,27,29,31)/b18-10+. The highest BCUT2D eigenvalue weighted by Crippen LogP contribution is 2.31. The molecule has 8 nitrogen and oxygen atoms in total. The number of amides is 4. The molecule has 0 unspecified atom stereocenters. The molecule has 4 amide bonds. The van der Waals surface area contributed by atoms with Crippen LogP contribution < -0.4 is 14.4 Å². The van der Waals surface area contributed by atoms with Crippen molar-refractivity contribution in [2.45, 2.75) is 4.90 Å². The van der Waals surface area contributed by atoms with Crippen LogP contribution in [0.1, 0.15) is 5.56 Å². The molecule has 4 rings (SSSR count). The lowest BCUT2D eigenvalue weighted by Crippen LogP contribution is -2.54. The summed E-state index contributed by atoms with van der Waals surface area (Å²) in [7, 11) is -4.14. The largest absolute Gasteiger partial charge is 0.378 e. The van der Waals surface area contributed by atoms with Gasteiger partial charge in [0.05, 0.1) is 10.2 Å². The van der Waals surface area contributed by atoms with Crippen LogP contribution in [-0.4, -0.2) is 26.3 Å². The summed E-state index contributed by atoms with van der Waals surface area (Å²) in [6, 6.07) is 14.9. The number of carbonyl (C=O) groups excluding carboxylic acids is 3. The van der Waals surface area contributed by atoms with Gasteiger partial charge in [-0.1, -0.05) is 35.3 Å². The fourth-order valence-corrected chi connectivity index (χ4v) is 4.96. The van der Waals surface area contributed by atoms with Crippen molar-refractivity contribution < 1.29 is 27.0 Å². The van der Waals surface area contributed by atoms with Crippen molar-refractivity contribution in [1.29, 1.82) is 0 Å². The molecular weight excluding hydrogens is 583 g/mol. The van der Waals surface area contributed by atoms with Crippen molar-refractivity contribution in [3.8, 4) is 5.75 Å². The van der Waals surface area contributed by atoms with E-state index in [1.54, 1.807) is 12.1 Å². The normalized spacial score (nSPS) is 15.3. The fraction of sp³-hybridized carbons (Fsp3) is 0. The Morgan fingerprint density at radius 2 is 1.63 bits per heavy atom. The van der Waals surface area contributed by atoms with Crippen LogP contribution in [-0.2, 0) is 19.7 Å². The SMILES string of the molecule is O=C1NC(=O)N(c2cccc(Cl)c2)C(=O)/C1=C/c1ccc(OS(=O)(=O)c2ccc(Cl)cc2)c(Br)c1. The summed E-state index contributed by atoms with van der Waals surface area (Å²) in [6.07, 6.45) is 1.27. The predicted octanol–water partition coefficient (Wildman–Crippen LogP) is 5.19. The Balaban J connectivity index is 1.62. The molecule has 3 aromatic carbocycles. The summed E-state index contributed by atoms with van der Waals surface area (Å²) in [5.74, 6) is -1.74. The van der Waals surface area contributed by atoms with Crippen LogP contribution in [0.15, 0.2) is 81.7 Å². The summed E-state index contributed by atoms with van der Waals surface area (Å²) in [6.45, 7) is 0. The van der Waals surface area contributed by atoms with Gasteiger partial charge in [-0.3, -0.25) is 14.9 Å². The van der Waals surface area contributed by atoms with Crippen LogP contribution in [0.25, 0.3) is 6.08 Å². The minimum atomic E-state index is -4.14. The molecule has 12 heteroatoms. The maximum absolute atomic E-state index is 13.0. The number of rotatable bonds is 5. The molecule has 1 aliphatic rings. The number of hydrogen-bond donors (Lipinski definition) is 1. The summed E-state index contributed by atoms with van der Waals surface area (Å²) in [5.41, 5.74) is 0.252. The zero-order valence-electron chi connectivity index (χ0n) is 17.4. The zero-order valence-corrected chi connectivity index (χ0v) is 21.3. The quantitative estimate of drug-likeness (QED) is 0.247. The number of anilines is 1. The Bertz CT molecular complexity index is 1510. The van der Waals surface area contributed by atoms with E-state index in [4.69, 9.17) is 27.4 Å². The molecule has 0 aliphatic carbocycles. The molecule has 1 aliphatic heterocycles. The Hall–Kier alpha value is -3.18. The van der Waals surface area contributed by atoms with E-state index in [2.05, 4.69) is 21.2 Å². The minimum absolute atomic E-state index is 0.0164. The monoisotopic (exact) mass is 594 g/mol. The smallest absolute Gasteiger partial charge is 0.339 e. The zero-order chi connectivity index (χ0) is 25.3. The van der Waals surface area contributed by atoms with Crippen molar-refractivity contribution in [3.63, 3.8) is 0 Å². The van der Waals surface area contributed by atoms with Gasteiger partial charge in [-0.05, 0) is 82.2 Å². The van der Waals surface area contributed by atoms with Gasteiger partial charge in [0.1, 0.15) is 10.5 Å². The number of benzene rings is 3. The van der Waals surface area contributed by atoms with Crippen LogP contribution >= 0.6 is 39.1 Å². The van der Waals surface area contributed by atoms with Crippen molar-refractivity contribution in [2.24, 2.45) is 0 Å². The lowest BCUT2D eigenvalue weighted by atomic mass is 10.1. The maximum atomic E-state index is 13.0. The van der Waals surface area contributed by atoms with Gasteiger partial charge in [0.2, 0.25) is 0 Å². The minimum Gasteiger partial charge on any atom is -0.378 e. The number of urea groups is 1. The molecular formula is C23H13BrCl2N2O6S. The van der Waals surface area contributed by atoms with Gasteiger partial charge in [0.25, 0.3) is 11.8 Å². The first-order chi connectivity index (χ1) is 16.5. The van der Waals surface area contributed by atoms with Crippen LogP contribution in [0, 0.1) is 0 Å². The van der Waals surface area contributed by atoms with Gasteiger partial charge >= 0.3 is 16.1 Å². The maximum Gasteiger partial charge on any atom is 0.339 e. The second-order valence-corrected chi connectivity index (χ2v) is 10.4. The third kappa shape index (κ3) is 5.40. The van der Waals surface area contributed by atoms with Crippen LogP contribution in [0.2, 0.25) is 10.0 Å². The average Bonchev–Trinajstić information content (AvgIpc) is 2.78. The second-order valence-electron chi connectivity index (χ2n) is 7.12. The molecule has 0 atom stereocenters. The number of nitrogens with zero attached hydrogens (tertiary/aromatic N) is 1. The lowest BCUT2D eigenvalue weighted by molar-refractivity contribution is -0.122. The van der Waals surface area contributed by atoms with Gasteiger partial charge in [0.15, 0.2) is 5.75 Å². The first-order valence-corrected chi connectivity index (χ1v) is 12.7. The summed E-state index contributed by atoms with van der Waals surface area (Å²) >= 11 is 15.0. The van der Waals surface area contributed by atoms with Crippen molar-refractivity contribution >= 4 is 78.9 Å². The fourth-order valence-electron chi connectivity index (χ4n) is 3.12. The van der Waals surface area contributed by atoms with E-state index in [0.29, 0.717) is 15.6 Å². The van der Waals surface area contributed by atoms with E-state index in [1.165, 1.54) is 60.7 Å². The van der Waals surface area contributed by atoms with Crippen molar-refractivity contribution in [3.05, 3.63) is 92.4 Å². The predicted molar refractivity (Wildman–Crippen MR) is 134 cm³/mol. The molecule has 0 bridgehead atoms. The van der Waals surface area contributed by atoms with E-state index in [9.17, 15) is 22.8 Å². The third-order valence-electron chi connectivity index (χ3n) is 4.74. The van der Waals surface area contributed by atoms with Gasteiger partial charge in [0, 0.05) is 10.0 Å². The van der Waals surface area contributed by atoms with Gasteiger partial charge < -0.3 is 4.18 Å². The highest BCUT2D eigenvalue weighted by atomic mass is 79.9. The summed E-state index contributed by atoms with van der Waals surface area (Å²) < 4.78 is 30.5. The number of imide groups is 2. The molecule has 0 radical (unpaired) electrons. The van der Waals surface area contributed by atoms with Crippen molar-refractivity contribution in [2.75, 3.05) is 4.90 Å². The molecule has 0 spiro atoms. The van der Waals surface area contributed by atoms with E-state index < -0.39 is 28.0 Å². The number of carbonyl (C=O) groups is 3. The first-order valence-electron chi connectivity index (χ1n) is 9.72. The molecule has 1 saturated heterocycles. The Kier molecular flexibility index (Phi) is 7.00. The third-order valence-corrected chi connectivity index (χ3v) is 7.09. The molecule has 3 aromatic rings. The van der Waals surface area contributed by atoms with E-state index >= 15 is 0 Å². The molecule has 1 fully saturated rings. The Morgan fingerprint density at radius 1 is 0.914 bits per heavy atom. The number of hydrogen-bond acceptors (Lipinski definition) is 6. The lowest BCUT2D eigenvalue weighted by Gasteiger charge is -2.26. The Labute approximate surface area is 218 Å². The summed E-state index contributed by atoms with van der Waals surface area (Å²) in [4.78, 5) is 38.4. The van der Waals surface area contributed by atoms with E-state index in [-0.39, 0.29) is 26.4 Å². The van der Waals surface area contributed by atoms with Crippen molar-refractivity contribution in [1.82, 2.24) is 5.32 Å². The molecule has 0 saturated carbocycles. The number of halogens is 3. The molecule has 0 aromatic heterocycles. The van der Waals surface area contributed by atoms with Gasteiger partial charge in [-0.15, -0.1) is 0 Å². The van der Waals surface area contributed by atoms with E-state index in [1.807, 2.05) is 0 Å². The van der Waals surface area contributed by atoms with Crippen LogP contribution in [0.3, 0.4) is 0 Å². The van der Waals surface area contributed by atoms with Gasteiger partial charge in [-0.2, -0.15) is 8.42 Å². The molecule has 1 heterocycles. The highest BCUT2D eigenvalue weighted by molar-refractivity contribution is 9.10. The molecule has 178 valence electrons. The average molecular weight is 596 g/mol. The Morgan fingerprint density at radius 3 is 2.29 bits per heavy atom. The number of barbiturate groups is 1. The summed E-state index contributed by atoms with van der Waals surface area (Å²) in [5, 5.41) is 2.80. The first kappa shape index (κ1) is 24.9. The van der Waals surface area contributed by atoms with Crippen LogP contribution in [0.4, 0.5) is 10.5 Å². The molecule has 1 N–H and O–H groups in total. The van der Waals surface area contributed by atoms with E-state index in [0.717, 1.165) is 4.90 Å². The second kappa shape index (κ2) is 9.82. The highest BCUT2D eigenvalue weighted by Gasteiger charge is 2.36. The number of nitrogens with one attached hydrogen (secondary N) is 1. The van der Waals surface area contributed by atoms with Crippen LogP contribution in [0.5, 0.6) is 5.75 Å². The molecule has 35 heavy (non-hydrogen) atoms. The van der Waals surface area contributed by atoms with Gasteiger partial charge in [-0.25, -0.2) is 9.69 Å². The topological polar surface area (TPSA) is 110 Å².